The SMILES string of the molecule is COc1ccc2c(O[C@@H]3C[C@H]4C(=O)N[C@]5(C(=O)NS(=O)(=O)C6(CF)CC6)C[C@H]5/C=C\CC[C@@H](C)C[C@@H](C)[C@H](NC(=O)O)C(=O)N4C3)cc(-c3ccc(OC(C)C)cc3)nc2c1. The third-order valence-electron chi connectivity index (χ3n) is 12.3. The molecule has 3 aromatic rings. The Balaban J connectivity index is 1.24. The number of allylic oxidation sites excluding steroid dienone is 1. The van der Waals surface area contributed by atoms with Crippen LogP contribution in [0.5, 0.6) is 17.2 Å². The van der Waals surface area contributed by atoms with Gasteiger partial charge in [0.2, 0.25) is 21.8 Å². The van der Waals surface area contributed by atoms with E-state index in [2.05, 4.69) is 15.4 Å². The van der Waals surface area contributed by atoms with Crippen molar-refractivity contribution in [1.82, 2.24) is 25.2 Å². The van der Waals surface area contributed by atoms with Crippen LogP contribution >= 0.6 is 0 Å². The maximum absolute atomic E-state index is 14.6. The smallest absolute Gasteiger partial charge is 0.405 e. The molecular weight excluding hydrogens is 810 g/mol. The van der Waals surface area contributed by atoms with Gasteiger partial charge in [-0.2, -0.15) is 0 Å². The van der Waals surface area contributed by atoms with E-state index in [1.165, 1.54) is 4.90 Å². The van der Waals surface area contributed by atoms with Gasteiger partial charge < -0.3 is 34.9 Å². The lowest BCUT2D eigenvalue weighted by Crippen LogP contribution is -2.59. The van der Waals surface area contributed by atoms with E-state index in [-0.39, 0.29) is 44.2 Å². The van der Waals surface area contributed by atoms with Gasteiger partial charge in [-0.25, -0.2) is 22.6 Å². The van der Waals surface area contributed by atoms with Crippen molar-refractivity contribution < 1.29 is 51.3 Å². The van der Waals surface area contributed by atoms with Gasteiger partial charge in [0.15, 0.2) is 0 Å². The van der Waals surface area contributed by atoms with E-state index >= 15 is 0 Å². The lowest BCUT2D eigenvalue weighted by atomic mass is 9.88. The van der Waals surface area contributed by atoms with Gasteiger partial charge in [0, 0.05) is 35.4 Å². The van der Waals surface area contributed by atoms with Gasteiger partial charge in [-0.1, -0.05) is 26.0 Å². The number of carbonyl (C=O) groups is 4. The molecule has 7 atom stereocenters. The molecule has 0 unspecified atom stereocenters. The van der Waals surface area contributed by atoms with Crippen molar-refractivity contribution in [2.45, 2.75) is 107 Å². The van der Waals surface area contributed by atoms with E-state index in [1.54, 1.807) is 44.4 Å². The molecule has 4 N–H and O–H groups in total. The molecule has 1 saturated heterocycles. The van der Waals surface area contributed by atoms with Gasteiger partial charge in [-0.15, -0.1) is 0 Å². The molecule has 2 saturated carbocycles. The minimum Gasteiger partial charge on any atom is -0.497 e. The molecule has 1 aromatic heterocycles. The lowest BCUT2D eigenvalue weighted by Gasteiger charge is -2.32. The molecule has 3 heterocycles. The van der Waals surface area contributed by atoms with Crippen LogP contribution < -0.4 is 29.6 Å². The Labute approximate surface area is 354 Å². The summed E-state index contributed by atoms with van der Waals surface area (Å²) in [5, 5.41) is 15.7. The summed E-state index contributed by atoms with van der Waals surface area (Å²) < 4.78 is 58.8. The highest BCUT2D eigenvalue weighted by atomic mass is 32.2. The maximum Gasteiger partial charge on any atom is 0.405 e. The first-order chi connectivity index (χ1) is 29.0. The molecule has 4 amide bonds. The van der Waals surface area contributed by atoms with E-state index in [1.807, 2.05) is 51.1 Å². The van der Waals surface area contributed by atoms with Crippen molar-refractivity contribution in [3.05, 3.63) is 60.7 Å². The van der Waals surface area contributed by atoms with Crippen LogP contribution in [-0.2, 0) is 24.4 Å². The van der Waals surface area contributed by atoms with E-state index in [0.717, 1.165) is 5.56 Å². The first-order valence-electron chi connectivity index (χ1n) is 20.8. The first-order valence-corrected chi connectivity index (χ1v) is 22.3. The zero-order valence-corrected chi connectivity index (χ0v) is 35.8. The first kappa shape index (κ1) is 43.6. The Morgan fingerprint density at radius 3 is 2.44 bits per heavy atom. The Morgan fingerprint density at radius 1 is 1.07 bits per heavy atom. The van der Waals surface area contributed by atoms with Crippen LogP contribution in [0.15, 0.2) is 60.7 Å². The topological polar surface area (TPSA) is 203 Å². The molecule has 2 aromatic carbocycles. The number of nitrogens with one attached hydrogen (secondary N) is 3. The zero-order chi connectivity index (χ0) is 43.9. The number of amides is 4. The highest BCUT2D eigenvalue weighted by Gasteiger charge is 2.64. The number of benzene rings is 2. The number of aromatic nitrogens is 1. The van der Waals surface area contributed by atoms with Crippen LogP contribution in [-0.4, -0.2) is 102 Å². The summed E-state index contributed by atoms with van der Waals surface area (Å²) >= 11 is 0. The average Bonchev–Trinajstić information content (AvgIpc) is 4.12. The highest BCUT2D eigenvalue weighted by molar-refractivity contribution is 7.91. The molecule has 0 bridgehead atoms. The number of carboxylic acid groups (broad SMARTS) is 1. The second kappa shape index (κ2) is 17.1. The predicted molar refractivity (Wildman–Crippen MR) is 224 cm³/mol. The predicted octanol–water partition coefficient (Wildman–Crippen LogP) is 5.52. The van der Waals surface area contributed by atoms with Crippen molar-refractivity contribution in [1.29, 1.82) is 0 Å². The molecule has 2 aliphatic heterocycles. The molecule has 7 rings (SSSR count). The Bertz CT molecular complexity index is 2320. The number of ether oxygens (including phenoxy) is 3. The minimum atomic E-state index is -4.41. The van der Waals surface area contributed by atoms with Crippen LogP contribution in [0.3, 0.4) is 0 Å². The van der Waals surface area contributed by atoms with Gasteiger partial charge in [0.1, 0.15) is 52.4 Å². The summed E-state index contributed by atoms with van der Waals surface area (Å²) in [7, 11) is -2.87. The third-order valence-corrected chi connectivity index (χ3v) is 14.5. The largest absolute Gasteiger partial charge is 0.497 e. The molecule has 328 valence electrons. The van der Waals surface area contributed by atoms with E-state index < -0.39 is 80.8 Å². The summed E-state index contributed by atoms with van der Waals surface area (Å²) in [6.07, 6.45) is 3.38. The number of hydrogen-bond donors (Lipinski definition) is 4. The third kappa shape index (κ3) is 9.12. The number of nitrogens with zero attached hydrogens (tertiary/aromatic N) is 2. The highest BCUT2D eigenvalue weighted by Crippen LogP contribution is 2.48. The van der Waals surface area contributed by atoms with Crippen LogP contribution in [0.2, 0.25) is 0 Å². The second-order valence-electron chi connectivity index (χ2n) is 17.3. The summed E-state index contributed by atoms with van der Waals surface area (Å²) in [6.45, 7) is 6.40. The maximum atomic E-state index is 14.6. The fourth-order valence-corrected chi connectivity index (χ4v) is 10.0. The molecule has 17 heteroatoms. The lowest BCUT2D eigenvalue weighted by molar-refractivity contribution is -0.142. The van der Waals surface area contributed by atoms with Gasteiger partial charge in [0.25, 0.3) is 5.91 Å². The van der Waals surface area contributed by atoms with Crippen molar-refractivity contribution >= 4 is 44.7 Å². The van der Waals surface area contributed by atoms with Gasteiger partial charge in [0.05, 0.1) is 31.0 Å². The molecule has 2 aliphatic carbocycles. The van der Waals surface area contributed by atoms with Gasteiger partial charge >= 0.3 is 6.09 Å². The summed E-state index contributed by atoms with van der Waals surface area (Å²) in [5.41, 5.74) is 0.200. The average molecular weight is 864 g/mol. The molecule has 0 radical (unpaired) electrons. The molecule has 61 heavy (non-hydrogen) atoms. The number of pyridine rings is 1. The fraction of sp³-hybridized carbons (Fsp3) is 0.523. The number of rotatable bonds is 11. The van der Waals surface area contributed by atoms with Gasteiger partial charge in [-0.3, -0.25) is 19.1 Å². The zero-order valence-electron chi connectivity index (χ0n) is 35.0. The van der Waals surface area contributed by atoms with Crippen molar-refractivity contribution in [2.75, 3.05) is 20.3 Å². The Kier molecular flexibility index (Phi) is 12.3. The van der Waals surface area contributed by atoms with Crippen LogP contribution in [0.4, 0.5) is 9.18 Å². The Morgan fingerprint density at radius 2 is 1.79 bits per heavy atom. The number of hydrogen-bond acceptors (Lipinski definition) is 10. The normalized spacial score (nSPS) is 28.0. The summed E-state index contributed by atoms with van der Waals surface area (Å²) in [5.74, 6) is -1.67. The molecule has 3 fully saturated rings. The quantitative estimate of drug-likeness (QED) is 0.177. The molecule has 4 aliphatic rings. The van der Waals surface area contributed by atoms with E-state index in [4.69, 9.17) is 19.2 Å². The fourth-order valence-electron chi connectivity index (χ4n) is 8.59. The second-order valence-corrected chi connectivity index (χ2v) is 19.4. The van der Waals surface area contributed by atoms with Crippen LogP contribution in [0, 0.1) is 17.8 Å². The van der Waals surface area contributed by atoms with Gasteiger partial charge in [-0.05, 0) is 101 Å². The standard InChI is InChI=1S/C44H54FN5O10S/c1-25(2)59-30-12-10-28(11-13-30)34-21-37(33-15-14-31(58-5)19-35(33)46-34)60-32-20-36-39(51)48-44(41(53)49-61(56,57)43(24-45)16-17-43)22-29(44)9-7-6-8-26(3)18-27(4)38(47-42(54)55)40(52)50(36)23-32/h7,9-15,19,21,25-27,29,32,36,38,47H,6,8,16-18,20,22-24H2,1-5H3,(H,48,51)(H,49,53)(H,54,55)/b9-7-/t26-,27-,29-,32-,36+,38+,44-/m1/s1. The van der Waals surface area contributed by atoms with Crippen molar-refractivity contribution in [2.24, 2.45) is 17.8 Å². The molecule has 15 nitrogen and oxygen atoms in total. The van der Waals surface area contributed by atoms with Crippen molar-refractivity contribution in [3.63, 3.8) is 0 Å². The molecular formula is C44H54FN5O10S. The summed E-state index contributed by atoms with van der Waals surface area (Å²) in [4.78, 5) is 61.5. The van der Waals surface area contributed by atoms with E-state index in [9.17, 15) is 37.1 Å². The number of alkyl halides is 1. The minimum absolute atomic E-state index is 0.0164. The number of fused-ring (bicyclic) bond motifs is 3. The number of methoxy groups -OCH3 is 1. The monoisotopic (exact) mass is 863 g/mol. The summed E-state index contributed by atoms with van der Waals surface area (Å²) in [6, 6.07) is 12.1. The van der Waals surface area contributed by atoms with E-state index in [0.29, 0.717) is 53.1 Å². The van der Waals surface area contributed by atoms with Crippen LogP contribution in [0.25, 0.3) is 22.2 Å². The van der Waals surface area contributed by atoms with Crippen LogP contribution in [0.1, 0.15) is 72.6 Å². The Hall–Kier alpha value is -5.45. The number of halogens is 1. The molecule has 0 spiro atoms. The number of sulfonamides is 1. The number of carbonyl (C=O) groups excluding carboxylic acids is 3. The van der Waals surface area contributed by atoms with Crippen molar-refractivity contribution in [3.8, 4) is 28.5 Å².